The maximum Gasteiger partial charge on any atom is 0.411 e. The SMILES string of the molecule is Cc1ccc(C(CO)CCCOCC(F)(F)F)cc1. The summed E-state index contributed by atoms with van der Waals surface area (Å²) in [7, 11) is 0. The first-order chi connectivity index (χ1) is 8.92. The van der Waals surface area contributed by atoms with E-state index in [-0.39, 0.29) is 19.1 Å². The lowest BCUT2D eigenvalue weighted by Gasteiger charge is -2.15. The van der Waals surface area contributed by atoms with Crippen molar-refractivity contribution in [3.63, 3.8) is 0 Å². The Labute approximate surface area is 111 Å². The average Bonchev–Trinajstić information content (AvgIpc) is 2.34. The highest BCUT2D eigenvalue weighted by atomic mass is 19.4. The lowest BCUT2D eigenvalue weighted by Crippen LogP contribution is -2.17. The fourth-order valence-electron chi connectivity index (χ4n) is 1.82. The van der Waals surface area contributed by atoms with E-state index in [9.17, 15) is 18.3 Å². The molecule has 0 heterocycles. The maximum atomic E-state index is 11.8. The molecule has 0 radical (unpaired) electrons. The number of aliphatic hydroxyl groups is 1. The highest BCUT2D eigenvalue weighted by Crippen LogP contribution is 2.21. The summed E-state index contributed by atoms with van der Waals surface area (Å²) in [6, 6.07) is 7.79. The summed E-state index contributed by atoms with van der Waals surface area (Å²) >= 11 is 0. The van der Waals surface area contributed by atoms with Crippen molar-refractivity contribution >= 4 is 0 Å². The van der Waals surface area contributed by atoms with Crippen LogP contribution in [-0.4, -0.2) is 31.1 Å². The Morgan fingerprint density at radius 2 is 1.84 bits per heavy atom. The van der Waals surface area contributed by atoms with Crippen LogP contribution in [0.4, 0.5) is 13.2 Å². The average molecular weight is 276 g/mol. The van der Waals surface area contributed by atoms with Gasteiger partial charge in [-0.2, -0.15) is 13.2 Å². The summed E-state index contributed by atoms with van der Waals surface area (Å²) in [4.78, 5) is 0. The molecule has 0 aliphatic rings. The van der Waals surface area contributed by atoms with Gasteiger partial charge in [0.15, 0.2) is 0 Å². The third-order valence-electron chi connectivity index (χ3n) is 2.88. The van der Waals surface area contributed by atoms with Gasteiger partial charge in [-0.3, -0.25) is 0 Å². The van der Waals surface area contributed by atoms with E-state index in [2.05, 4.69) is 4.74 Å². The van der Waals surface area contributed by atoms with E-state index >= 15 is 0 Å². The Hall–Kier alpha value is -1.07. The van der Waals surface area contributed by atoms with Crippen molar-refractivity contribution < 1.29 is 23.0 Å². The molecule has 2 nitrogen and oxygen atoms in total. The Balaban J connectivity index is 2.31. The largest absolute Gasteiger partial charge is 0.411 e. The molecule has 1 atom stereocenters. The summed E-state index contributed by atoms with van der Waals surface area (Å²) in [5, 5.41) is 9.31. The number of aliphatic hydroxyl groups excluding tert-OH is 1. The van der Waals surface area contributed by atoms with E-state index in [1.54, 1.807) is 0 Å². The molecule has 1 aromatic rings. The van der Waals surface area contributed by atoms with E-state index in [1.165, 1.54) is 0 Å². The minimum absolute atomic E-state index is 0.0116. The molecule has 19 heavy (non-hydrogen) atoms. The minimum Gasteiger partial charge on any atom is -0.396 e. The van der Waals surface area contributed by atoms with Gasteiger partial charge in [0.1, 0.15) is 6.61 Å². The molecular weight excluding hydrogens is 257 g/mol. The van der Waals surface area contributed by atoms with Crippen molar-refractivity contribution in [3.8, 4) is 0 Å². The van der Waals surface area contributed by atoms with Crippen molar-refractivity contribution in [1.82, 2.24) is 0 Å². The Morgan fingerprint density at radius 1 is 1.21 bits per heavy atom. The van der Waals surface area contributed by atoms with Gasteiger partial charge < -0.3 is 9.84 Å². The van der Waals surface area contributed by atoms with E-state index < -0.39 is 12.8 Å². The summed E-state index contributed by atoms with van der Waals surface area (Å²) < 4.78 is 40.1. The zero-order valence-corrected chi connectivity index (χ0v) is 10.9. The van der Waals surface area contributed by atoms with Gasteiger partial charge in [0.25, 0.3) is 0 Å². The molecule has 1 N–H and O–H groups in total. The first-order valence-corrected chi connectivity index (χ1v) is 6.24. The van der Waals surface area contributed by atoms with Gasteiger partial charge >= 0.3 is 6.18 Å². The van der Waals surface area contributed by atoms with Crippen LogP contribution in [0, 0.1) is 6.92 Å². The molecule has 0 spiro atoms. The molecule has 0 saturated carbocycles. The van der Waals surface area contributed by atoms with Crippen LogP contribution in [0.25, 0.3) is 0 Å². The predicted octanol–water partition coefficient (Wildman–Crippen LogP) is 3.43. The Kier molecular flexibility index (Phi) is 6.31. The van der Waals surface area contributed by atoms with Crippen molar-refractivity contribution in [3.05, 3.63) is 35.4 Å². The van der Waals surface area contributed by atoms with E-state index in [4.69, 9.17) is 0 Å². The zero-order chi connectivity index (χ0) is 14.3. The van der Waals surface area contributed by atoms with Crippen LogP contribution in [-0.2, 0) is 4.74 Å². The fourth-order valence-corrected chi connectivity index (χ4v) is 1.82. The third-order valence-corrected chi connectivity index (χ3v) is 2.88. The van der Waals surface area contributed by atoms with Gasteiger partial charge in [0.2, 0.25) is 0 Å². The smallest absolute Gasteiger partial charge is 0.396 e. The first kappa shape index (κ1) is 16.0. The summed E-state index contributed by atoms with van der Waals surface area (Å²) in [5.74, 6) is -0.0462. The molecule has 0 fully saturated rings. The van der Waals surface area contributed by atoms with Crippen molar-refractivity contribution in [1.29, 1.82) is 0 Å². The van der Waals surface area contributed by atoms with Gasteiger partial charge in [0, 0.05) is 19.1 Å². The molecule has 1 aromatic carbocycles. The van der Waals surface area contributed by atoms with Gasteiger partial charge in [-0.15, -0.1) is 0 Å². The molecule has 5 heteroatoms. The molecule has 0 aliphatic heterocycles. The maximum absolute atomic E-state index is 11.8. The normalized spacial score (nSPS) is 13.5. The van der Waals surface area contributed by atoms with E-state index in [0.29, 0.717) is 12.8 Å². The Morgan fingerprint density at radius 3 is 2.37 bits per heavy atom. The van der Waals surface area contributed by atoms with Gasteiger partial charge in [-0.05, 0) is 25.3 Å². The zero-order valence-electron chi connectivity index (χ0n) is 10.9. The highest BCUT2D eigenvalue weighted by Gasteiger charge is 2.27. The molecular formula is C14H19F3O2. The van der Waals surface area contributed by atoms with Crippen LogP contribution < -0.4 is 0 Å². The van der Waals surface area contributed by atoms with Crippen LogP contribution in [0.15, 0.2) is 24.3 Å². The van der Waals surface area contributed by atoms with Crippen molar-refractivity contribution in [2.75, 3.05) is 19.8 Å². The molecule has 0 aromatic heterocycles. The van der Waals surface area contributed by atoms with E-state index in [0.717, 1.165) is 11.1 Å². The fraction of sp³-hybridized carbons (Fsp3) is 0.571. The van der Waals surface area contributed by atoms with Crippen molar-refractivity contribution in [2.45, 2.75) is 31.9 Å². The molecule has 0 bridgehead atoms. The number of ether oxygens (including phenoxy) is 1. The van der Waals surface area contributed by atoms with Crippen LogP contribution in [0.3, 0.4) is 0 Å². The number of hydrogen-bond acceptors (Lipinski definition) is 2. The Bertz CT molecular complexity index is 360. The number of benzene rings is 1. The molecule has 108 valence electrons. The van der Waals surface area contributed by atoms with Gasteiger partial charge in [-0.1, -0.05) is 29.8 Å². The second kappa shape index (κ2) is 7.50. The standard InChI is InChI=1S/C14H19F3O2/c1-11-4-6-12(7-5-11)13(9-18)3-2-8-19-10-14(15,16)17/h4-7,13,18H,2-3,8-10H2,1H3. The molecule has 1 rings (SSSR count). The van der Waals surface area contributed by atoms with E-state index in [1.807, 2.05) is 31.2 Å². The number of aryl methyl sites for hydroxylation is 1. The van der Waals surface area contributed by atoms with Gasteiger partial charge in [0.05, 0.1) is 0 Å². The minimum atomic E-state index is -4.27. The van der Waals surface area contributed by atoms with Crippen LogP contribution in [0.1, 0.15) is 29.9 Å². The second-order valence-corrected chi connectivity index (χ2v) is 4.60. The second-order valence-electron chi connectivity index (χ2n) is 4.60. The molecule has 0 saturated heterocycles. The number of rotatable bonds is 7. The summed E-state index contributed by atoms with van der Waals surface area (Å²) in [5.41, 5.74) is 2.14. The summed E-state index contributed by atoms with van der Waals surface area (Å²) in [6.45, 7) is 0.814. The monoisotopic (exact) mass is 276 g/mol. The summed E-state index contributed by atoms with van der Waals surface area (Å²) in [6.07, 6.45) is -3.17. The van der Waals surface area contributed by atoms with Gasteiger partial charge in [-0.25, -0.2) is 0 Å². The topological polar surface area (TPSA) is 29.5 Å². The third kappa shape index (κ3) is 6.59. The first-order valence-electron chi connectivity index (χ1n) is 6.24. The lowest BCUT2D eigenvalue weighted by molar-refractivity contribution is -0.174. The number of hydrogen-bond donors (Lipinski definition) is 1. The van der Waals surface area contributed by atoms with Crippen molar-refractivity contribution in [2.24, 2.45) is 0 Å². The molecule has 0 aliphatic carbocycles. The van der Waals surface area contributed by atoms with Crippen LogP contribution in [0.2, 0.25) is 0 Å². The quantitative estimate of drug-likeness (QED) is 0.773. The van der Waals surface area contributed by atoms with Crippen LogP contribution in [0.5, 0.6) is 0 Å². The molecule has 0 amide bonds. The lowest BCUT2D eigenvalue weighted by atomic mass is 9.94. The number of halogens is 3. The van der Waals surface area contributed by atoms with Crippen LogP contribution >= 0.6 is 0 Å². The molecule has 1 unspecified atom stereocenters. The highest BCUT2D eigenvalue weighted by molar-refractivity contribution is 5.24. The predicted molar refractivity (Wildman–Crippen MR) is 67.1 cm³/mol. The number of alkyl halides is 3.